The highest BCUT2D eigenvalue weighted by atomic mass is 32.2. The highest BCUT2D eigenvalue weighted by Gasteiger charge is 2.18. The third-order valence-corrected chi connectivity index (χ3v) is 5.98. The van der Waals surface area contributed by atoms with E-state index < -0.39 is 15.8 Å². The molecule has 4 rings (SSSR count). The molecule has 0 atom stereocenters. The lowest BCUT2D eigenvalue weighted by Crippen LogP contribution is -2.19. The Balaban J connectivity index is 1.78. The monoisotopic (exact) mass is 388 g/mol. The van der Waals surface area contributed by atoms with Crippen molar-refractivity contribution in [3.63, 3.8) is 0 Å². The first kappa shape index (κ1) is 17.2. The number of benzene rings is 2. The van der Waals surface area contributed by atoms with E-state index in [-0.39, 0.29) is 10.6 Å². The van der Waals surface area contributed by atoms with Crippen molar-refractivity contribution in [3.05, 3.63) is 57.4 Å². The fraction of sp³-hybridized carbons (Fsp3) is 0.176. The smallest absolute Gasteiger partial charge is 0.408 e. The van der Waals surface area contributed by atoms with E-state index in [0.717, 1.165) is 0 Å². The summed E-state index contributed by atoms with van der Waals surface area (Å²) in [6, 6.07) is 9.04. The molecule has 4 aromatic rings. The fourth-order valence-corrected chi connectivity index (χ4v) is 4.13. The van der Waals surface area contributed by atoms with Gasteiger partial charge in [-0.05, 0) is 36.4 Å². The van der Waals surface area contributed by atoms with E-state index in [0.29, 0.717) is 27.8 Å². The van der Waals surface area contributed by atoms with Crippen LogP contribution in [-0.2, 0) is 31.2 Å². The summed E-state index contributed by atoms with van der Waals surface area (Å²) in [6.45, 7) is 0. The molecule has 0 amide bonds. The Labute approximate surface area is 153 Å². The van der Waals surface area contributed by atoms with E-state index in [2.05, 4.69) is 4.72 Å². The van der Waals surface area contributed by atoms with E-state index in [1.807, 2.05) is 0 Å². The van der Waals surface area contributed by atoms with Crippen LogP contribution in [0.1, 0.15) is 0 Å². The average molecular weight is 388 g/mol. The first-order valence-electron chi connectivity index (χ1n) is 7.97. The maximum absolute atomic E-state index is 12.8. The average Bonchev–Trinajstić information content (AvgIpc) is 3.03. The van der Waals surface area contributed by atoms with Crippen LogP contribution in [0.2, 0.25) is 0 Å². The van der Waals surface area contributed by atoms with Crippen LogP contribution in [0.25, 0.3) is 22.1 Å². The molecule has 0 spiro atoms. The highest BCUT2D eigenvalue weighted by molar-refractivity contribution is 7.92. The molecule has 0 aliphatic rings. The van der Waals surface area contributed by atoms with Crippen LogP contribution in [0.3, 0.4) is 0 Å². The van der Waals surface area contributed by atoms with Gasteiger partial charge in [-0.1, -0.05) is 0 Å². The van der Waals surface area contributed by atoms with Gasteiger partial charge in [-0.15, -0.1) is 0 Å². The number of fused-ring (bicyclic) bond motifs is 2. The molecule has 10 heteroatoms. The topological polar surface area (TPSA) is 108 Å². The van der Waals surface area contributed by atoms with Crippen molar-refractivity contribution in [2.45, 2.75) is 4.90 Å². The van der Waals surface area contributed by atoms with E-state index >= 15 is 0 Å². The van der Waals surface area contributed by atoms with Gasteiger partial charge in [0.2, 0.25) is 0 Å². The van der Waals surface area contributed by atoms with Crippen molar-refractivity contribution in [2.75, 3.05) is 4.72 Å². The van der Waals surface area contributed by atoms with Gasteiger partial charge >= 0.3 is 11.4 Å². The highest BCUT2D eigenvalue weighted by Crippen LogP contribution is 2.23. The SMILES string of the molecule is Cn1c(=O)oc2ccc(S(=O)(=O)Nc3ccc4c(c3)n(C)c(=O)n4C)cc21. The lowest BCUT2D eigenvalue weighted by atomic mass is 10.3. The van der Waals surface area contributed by atoms with Gasteiger partial charge in [0.05, 0.1) is 27.1 Å². The Morgan fingerprint density at radius 3 is 2.30 bits per heavy atom. The molecule has 140 valence electrons. The second-order valence-electron chi connectivity index (χ2n) is 6.27. The van der Waals surface area contributed by atoms with Gasteiger partial charge < -0.3 is 4.42 Å². The first-order valence-corrected chi connectivity index (χ1v) is 9.45. The van der Waals surface area contributed by atoms with Gasteiger partial charge in [-0.25, -0.2) is 18.0 Å². The van der Waals surface area contributed by atoms with Gasteiger partial charge in [0.25, 0.3) is 10.0 Å². The molecule has 0 aliphatic heterocycles. The Hall–Kier alpha value is -3.27. The van der Waals surface area contributed by atoms with Crippen molar-refractivity contribution in [2.24, 2.45) is 21.1 Å². The number of oxazole rings is 1. The van der Waals surface area contributed by atoms with Crippen LogP contribution in [0.4, 0.5) is 5.69 Å². The summed E-state index contributed by atoms with van der Waals surface area (Å²) in [7, 11) is 0.877. The number of imidazole rings is 1. The van der Waals surface area contributed by atoms with Gasteiger partial charge in [0.1, 0.15) is 0 Å². The third-order valence-electron chi connectivity index (χ3n) is 4.60. The number of aryl methyl sites for hydroxylation is 3. The zero-order valence-corrected chi connectivity index (χ0v) is 15.6. The van der Waals surface area contributed by atoms with Crippen molar-refractivity contribution in [1.82, 2.24) is 13.7 Å². The maximum Gasteiger partial charge on any atom is 0.419 e. The van der Waals surface area contributed by atoms with Gasteiger partial charge in [0.15, 0.2) is 5.58 Å². The summed E-state index contributed by atoms with van der Waals surface area (Å²) >= 11 is 0. The number of hydrogen-bond donors (Lipinski definition) is 1. The molecule has 0 saturated carbocycles. The van der Waals surface area contributed by atoms with Gasteiger partial charge in [0, 0.05) is 21.1 Å². The summed E-state index contributed by atoms with van der Waals surface area (Å²) in [6.07, 6.45) is 0. The quantitative estimate of drug-likeness (QED) is 0.566. The molecule has 0 aliphatic carbocycles. The maximum atomic E-state index is 12.8. The predicted octanol–water partition coefficient (Wildman–Crippen LogP) is 1.12. The molecule has 0 fully saturated rings. The number of hydrogen-bond acceptors (Lipinski definition) is 5. The largest absolute Gasteiger partial charge is 0.419 e. The molecule has 2 aromatic heterocycles. The second kappa shape index (κ2) is 5.61. The van der Waals surface area contributed by atoms with Crippen LogP contribution in [0.5, 0.6) is 0 Å². The molecule has 2 heterocycles. The van der Waals surface area contributed by atoms with Crippen molar-refractivity contribution < 1.29 is 12.8 Å². The van der Waals surface area contributed by atoms with Crippen molar-refractivity contribution in [1.29, 1.82) is 0 Å². The molecule has 0 bridgehead atoms. The Morgan fingerprint density at radius 1 is 0.852 bits per heavy atom. The molecule has 9 nitrogen and oxygen atoms in total. The normalized spacial score (nSPS) is 12.1. The lowest BCUT2D eigenvalue weighted by Gasteiger charge is -2.09. The number of nitrogens with one attached hydrogen (secondary N) is 1. The van der Waals surface area contributed by atoms with E-state index in [1.54, 1.807) is 32.3 Å². The minimum atomic E-state index is -3.90. The Kier molecular flexibility index (Phi) is 3.57. The predicted molar refractivity (Wildman–Crippen MR) is 100 cm³/mol. The first-order chi connectivity index (χ1) is 12.7. The Bertz CT molecular complexity index is 1440. The van der Waals surface area contributed by atoms with E-state index in [1.165, 1.54) is 38.9 Å². The number of rotatable bonds is 3. The van der Waals surface area contributed by atoms with Crippen LogP contribution >= 0.6 is 0 Å². The zero-order chi connectivity index (χ0) is 19.5. The summed E-state index contributed by atoms with van der Waals surface area (Å²) in [5, 5.41) is 0. The number of sulfonamides is 1. The lowest BCUT2D eigenvalue weighted by molar-refractivity contribution is 0.528. The van der Waals surface area contributed by atoms with Crippen LogP contribution in [0.15, 0.2) is 55.3 Å². The molecule has 0 unspecified atom stereocenters. The fourth-order valence-electron chi connectivity index (χ4n) is 3.06. The molecular weight excluding hydrogens is 372 g/mol. The summed E-state index contributed by atoms with van der Waals surface area (Å²) in [4.78, 5) is 23.6. The van der Waals surface area contributed by atoms with Crippen LogP contribution < -0.4 is 16.2 Å². The molecular formula is C17H16N4O5S. The molecule has 1 N–H and O–H groups in total. The summed E-state index contributed by atoms with van der Waals surface area (Å²) < 4.78 is 37.2. The van der Waals surface area contributed by atoms with Crippen molar-refractivity contribution >= 4 is 37.8 Å². The standard InChI is InChI=1S/C17H16N4O5S/c1-19-12-6-4-10(8-13(12)20(2)16(19)22)18-27(24,25)11-5-7-15-14(9-11)21(3)17(23)26-15/h4-9,18H,1-3H3. The number of nitrogens with zero attached hydrogens (tertiary/aromatic N) is 3. The number of aromatic nitrogens is 3. The minimum Gasteiger partial charge on any atom is -0.408 e. The minimum absolute atomic E-state index is 0.00607. The summed E-state index contributed by atoms with van der Waals surface area (Å²) in [5.41, 5.74) is 2.11. The number of anilines is 1. The van der Waals surface area contributed by atoms with E-state index in [9.17, 15) is 18.0 Å². The Morgan fingerprint density at radius 2 is 1.56 bits per heavy atom. The van der Waals surface area contributed by atoms with Crippen LogP contribution in [-0.4, -0.2) is 22.1 Å². The third kappa shape index (κ3) is 2.56. The van der Waals surface area contributed by atoms with Gasteiger partial charge in [-0.2, -0.15) is 0 Å². The van der Waals surface area contributed by atoms with Crippen LogP contribution in [0, 0.1) is 0 Å². The second-order valence-corrected chi connectivity index (χ2v) is 7.95. The van der Waals surface area contributed by atoms with Crippen molar-refractivity contribution in [3.8, 4) is 0 Å². The zero-order valence-electron chi connectivity index (χ0n) is 14.8. The summed E-state index contributed by atoms with van der Waals surface area (Å²) in [5.74, 6) is -0.567. The molecule has 27 heavy (non-hydrogen) atoms. The molecule has 0 saturated heterocycles. The molecule has 2 aromatic carbocycles. The van der Waals surface area contributed by atoms with Gasteiger partial charge in [-0.3, -0.25) is 18.4 Å². The van der Waals surface area contributed by atoms with E-state index in [4.69, 9.17) is 4.42 Å². The molecule has 0 radical (unpaired) electrons.